The van der Waals surface area contributed by atoms with Gasteiger partial charge in [0.15, 0.2) is 0 Å². The molecule has 1 amide bonds. The highest BCUT2D eigenvalue weighted by Gasteiger charge is 1.95. The number of carbonyl (C=O) groups excluding carboxylic acids is 12. The molecule has 0 aliphatic rings. The fourth-order valence-electron chi connectivity index (χ4n) is 1.66. The largest absolute Gasteiger partial charge is 0.466 e. The number of ether oxygens (including phenoxy) is 11. The lowest BCUT2D eigenvalue weighted by molar-refractivity contribution is -0.135. The first-order valence-corrected chi connectivity index (χ1v) is 21.8. The van der Waals surface area contributed by atoms with Crippen LogP contribution in [0.2, 0.25) is 0 Å². The molecule has 0 saturated heterocycles. The van der Waals surface area contributed by atoms with E-state index < -0.39 is 65.7 Å². The summed E-state index contributed by atoms with van der Waals surface area (Å²) in [6, 6.07) is 0. The Hall–Kier alpha value is -12.6. The lowest BCUT2D eigenvalue weighted by Crippen LogP contribution is -2.11. The van der Waals surface area contributed by atoms with Crippen molar-refractivity contribution in [3.8, 4) is 0 Å². The molecule has 0 aliphatic carbocycles. The topological polar surface area (TPSA) is 318 Å². The van der Waals surface area contributed by atoms with Crippen molar-refractivity contribution in [1.29, 1.82) is 0 Å². The van der Waals surface area contributed by atoms with Gasteiger partial charge >= 0.3 is 65.7 Å². The molecule has 0 rings (SSSR count). The van der Waals surface area contributed by atoms with Crippen LogP contribution in [-0.2, 0) is 110 Å². The number of esters is 11. The molecule has 0 spiro atoms. The van der Waals surface area contributed by atoms with Crippen molar-refractivity contribution >= 4 is 71.6 Å². The smallest absolute Gasteiger partial charge is 0.335 e. The fourth-order valence-corrected chi connectivity index (χ4v) is 1.66. The minimum atomic E-state index is -0.514. The summed E-state index contributed by atoms with van der Waals surface area (Å²) in [5, 5.41) is 2.30. The Kier molecular flexibility index (Phi) is 109. The summed E-state index contributed by atoms with van der Waals surface area (Å²) in [6.07, 6.45) is 24.5. The number of hydrogen-bond donors (Lipinski definition) is 1. The Morgan fingerprint density at radius 2 is 0.407 bits per heavy atom. The van der Waals surface area contributed by atoms with Crippen LogP contribution >= 0.6 is 0 Å². The molecular formula is C62H77NO23. The van der Waals surface area contributed by atoms with Crippen molar-refractivity contribution in [3.05, 3.63) is 305 Å². The van der Waals surface area contributed by atoms with Gasteiger partial charge in [0.1, 0.15) is 11.5 Å². The Labute approximate surface area is 503 Å². The molecule has 0 aliphatic heterocycles. The van der Waals surface area contributed by atoms with E-state index in [-0.39, 0.29) is 17.4 Å². The lowest BCUT2D eigenvalue weighted by atomic mass is 10.5. The Balaban J connectivity index is -0.0000000696. The van der Waals surface area contributed by atoms with E-state index in [0.717, 1.165) is 111 Å². The first-order valence-electron chi connectivity index (χ1n) is 21.8. The van der Waals surface area contributed by atoms with Gasteiger partial charge in [-0.3, -0.25) is 4.79 Å². The number of methoxy groups -OCH3 is 2. The van der Waals surface area contributed by atoms with E-state index in [9.17, 15) is 57.5 Å². The zero-order valence-electron chi connectivity index (χ0n) is 48.6. The monoisotopic (exact) mass is 1200 g/mol. The summed E-state index contributed by atoms with van der Waals surface area (Å²) in [5.74, 6) is -4.91. The summed E-state index contributed by atoms with van der Waals surface area (Å²) < 4.78 is 46.6. The highest BCUT2D eigenvalue weighted by atomic mass is 16.6. The Morgan fingerprint density at radius 3 is 0.465 bits per heavy atom. The second kappa shape index (κ2) is 91.8. The van der Waals surface area contributed by atoms with Crippen LogP contribution in [0.3, 0.4) is 0 Å². The molecule has 0 atom stereocenters. The predicted molar refractivity (Wildman–Crippen MR) is 330 cm³/mol. The molecule has 0 aromatic heterocycles. The molecule has 1 N–H and O–H groups in total. The predicted octanol–water partition coefficient (Wildman–Crippen LogP) is 9.97. The fraction of sp³-hybridized carbons (Fsp3) is 0.0323. The third-order valence-corrected chi connectivity index (χ3v) is 4.98. The molecule has 86 heavy (non-hydrogen) atoms. The standard InChI is InChI=1S/2C7H8O2.C5H7NO.7C5H6O2.2C4H6O2/c2*1-4-6(3)9-7(8)5-2;1-3-5(7)6-4-2;7*1-3-5(6)7-4-2;2*1-3-4(5)6-2/h2*4-5H,1-3H2;3-4H,1-2H2,(H,6,7);7*3-4H,1-2H2;2*3H,1H2,2H3. The van der Waals surface area contributed by atoms with Crippen LogP contribution in [0.1, 0.15) is 0 Å². The first kappa shape index (κ1) is 102. The Bertz CT molecular complexity index is 1950. The van der Waals surface area contributed by atoms with E-state index in [0.29, 0.717) is 0 Å². The van der Waals surface area contributed by atoms with Gasteiger partial charge in [0.25, 0.3) is 0 Å². The van der Waals surface area contributed by atoms with Crippen molar-refractivity contribution in [2.45, 2.75) is 0 Å². The first-order chi connectivity index (χ1) is 40.5. The van der Waals surface area contributed by atoms with Gasteiger partial charge in [0, 0.05) is 66.8 Å². The molecule has 468 valence electrons. The summed E-state index contributed by atoms with van der Waals surface area (Å²) in [6.45, 7) is 76.8. The van der Waals surface area contributed by atoms with Gasteiger partial charge in [0.05, 0.1) is 58.1 Å². The van der Waals surface area contributed by atoms with Crippen molar-refractivity contribution in [2.24, 2.45) is 0 Å². The van der Waals surface area contributed by atoms with Crippen LogP contribution in [0.15, 0.2) is 305 Å². The van der Waals surface area contributed by atoms with Crippen LogP contribution in [0.4, 0.5) is 0 Å². The van der Waals surface area contributed by atoms with Gasteiger partial charge < -0.3 is 57.4 Å². The maximum Gasteiger partial charge on any atom is 0.335 e. The third kappa shape index (κ3) is 134. The maximum atomic E-state index is 10.3. The molecule has 24 heteroatoms. The van der Waals surface area contributed by atoms with Crippen molar-refractivity contribution in [1.82, 2.24) is 5.32 Å². The average molecular weight is 1200 g/mol. The molecule has 0 aromatic rings. The van der Waals surface area contributed by atoms with E-state index >= 15 is 0 Å². The van der Waals surface area contributed by atoms with Gasteiger partial charge in [-0.25, -0.2) is 52.7 Å². The third-order valence-electron chi connectivity index (χ3n) is 4.98. The molecule has 0 aromatic carbocycles. The van der Waals surface area contributed by atoms with E-state index in [2.05, 4.69) is 215 Å². The maximum absolute atomic E-state index is 10.3. The number of allylic oxidation sites excluding steroid dienone is 2. The number of carbonyl (C=O) groups is 12. The number of nitrogens with one attached hydrogen (secondary N) is 1. The van der Waals surface area contributed by atoms with E-state index in [1.165, 1.54) is 38.6 Å². The number of rotatable bonds is 24. The molecule has 0 saturated carbocycles. The summed E-state index contributed by atoms with van der Waals surface area (Å²) in [7, 11) is 2.62. The number of amides is 1. The summed E-state index contributed by atoms with van der Waals surface area (Å²) in [4.78, 5) is 120. The van der Waals surface area contributed by atoms with Crippen LogP contribution in [0, 0.1) is 0 Å². The van der Waals surface area contributed by atoms with Crippen LogP contribution in [0.25, 0.3) is 0 Å². The second-order valence-corrected chi connectivity index (χ2v) is 10.6. The van der Waals surface area contributed by atoms with Gasteiger partial charge in [-0.15, -0.1) is 0 Å². The number of hydrogen-bond acceptors (Lipinski definition) is 23. The minimum absolute atomic E-state index is 0.227. The van der Waals surface area contributed by atoms with Gasteiger partial charge in [0.2, 0.25) is 5.91 Å². The van der Waals surface area contributed by atoms with Gasteiger partial charge in [-0.1, -0.05) is 158 Å². The molecule has 0 heterocycles. The van der Waals surface area contributed by atoms with Crippen molar-refractivity contribution in [3.63, 3.8) is 0 Å². The van der Waals surface area contributed by atoms with E-state index in [1.807, 2.05) is 0 Å². The zero-order valence-corrected chi connectivity index (χ0v) is 48.6. The van der Waals surface area contributed by atoms with Crippen LogP contribution in [-0.4, -0.2) is 85.8 Å². The normalized spacial score (nSPS) is 7.00. The molecular weight excluding hydrogens is 1130 g/mol. The molecule has 0 unspecified atom stereocenters. The van der Waals surface area contributed by atoms with Gasteiger partial charge in [-0.05, 0) is 24.4 Å². The van der Waals surface area contributed by atoms with Crippen molar-refractivity contribution in [2.75, 3.05) is 14.2 Å². The van der Waals surface area contributed by atoms with Crippen LogP contribution < -0.4 is 5.32 Å². The van der Waals surface area contributed by atoms with E-state index in [1.54, 1.807) is 0 Å². The summed E-state index contributed by atoms with van der Waals surface area (Å²) >= 11 is 0. The molecule has 24 nitrogen and oxygen atoms in total. The Morgan fingerprint density at radius 1 is 0.244 bits per heavy atom. The van der Waals surface area contributed by atoms with Crippen LogP contribution in [0.5, 0.6) is 0 Å². The molecule has 0 bridgehead atoms. The molecule has 0 fully saturated rings. The lowest BCUT2D eigenvalue weighted by Gasteiger charge is -1.96. The highest BCUT2D eigenvalue weighted by Crippen LogP contribution is 1.94. The SMILES string of the molecule is C=CC(=C)OC(=O)C=C.C=CC(=C)OC(=O)C=C.C=CC(=O)OC.C=CC(=O)OC.C=CNC(=O)C=C.C=COC(=O)C=C.C=COC(=O)C=C.C=COC(=O)C=C.C=COC(=O)C=C.C=COC(=O)C=C.C=COC(=O)C=C.C=COC(=O)C=C. The molecule has 0 radical (unpaired) electrons. The zero-order chi connectivity index (χ0) is 70.1. The quantitative estimate of drug-likeness (QED) is 0.0309. The highest BCUT2D eigenvalue weighted by molar-refractivity contribution is 5.87. The second-order valence-electron chi connectivity index (χ2n) is 10.6. The van der Waals surface area contributed by atoms with Gasteiger partial charge in [-0.2, -0.15) is 0 Å². The average Bonchev–Trinajstić information content (AvgIpc) is 3.52. The van der Waals surface area contributed by atoms with Crippen molar-refractivity contribution < 1.29 is 110 Å². The summed E-state index contributed by atoms with van der Waals surface area (Å²) in [5.41, 5.74) is 0. The minimum Gasteiger partial charge on any atom is -0.466 e. The van der Waals surface area contributed by atoms with E-state index in [4.69, 9.17) is 0 Å².